The first-order chi connectivity index (χ1) is 9.38. The number of pyridine rings is 1. The molecule has 0 spiro atoms. The largest absolute Gasteiger partial charge is 0.379 e. The fourth-order valence-electron chi connectivity index (χ4n) is 3.05. The number of anilines is 1. The maximum absolute atomic E-state index is 5.80. The molecule has 2 N–H and O–H groups in total. The normalized spacial score (nSPS) is 24.9. The van der Waals surface area contributed by atoms with E-state index in [-0.39, 0.29) is 0 Å². The van der Waals surface area contributed by atoms with Gasteiger partial charge in [-0.2, -0.15) is 0 Å². The number of aromatic nitrogens is 1. The summed E-state index contributed by atoms with van der Waals surface area (Å²) in [5.74, 6) is 1.07. The monoisotopic (exact) mass is 262 g/mol. The Kier molecular flexibility index (Phi) is 3.96. The van der Waals surface area contributed by atoms with Gasteiger partial charge in [0.2, 0.25) is 0 Å². The first kappa shape index (κ1) is 12.8. The number of rotatable bonds is 3. The zero-order valence-corrected chi connectivity index (χ0v) is 11.3. The Hall–Kier alpha value is -1.17. The van der Waals surface area contributed by atoms with Crippen LogP contribution in [0, 0.1) is 0 Å². The van der Waals surface area contributed by atoms with E-state index in [4.69, 9.17) is 10.5 Å². The summed E-state index contributed by atoms with van der Waals surface area (Å²) in [7, 11) is 0. The third kappa shape index (κ3) is 2.73. The Bertz CT molecular complexity index is 420. The minimum Gasteiger partial charge on any atom is -0.379 e. The van der Waals surface area contributed by atoms with Crippen LogP contribution < -0.4 is 10.6 Å². The molecule has 0 saturated carbocycles. The lowest BCUT2D eigenvalue weighted by molar-refractivity contribution is 0.0209. The number of nitrogens with zero attached hydrogens (tertiary/aromatic N) is 3. The first-order valence-corrected chi connectivity index (χ1v) is 7.09. The van der Waals surface area contributed by atoms with Gasteiger partial charge in [0.15, 0.2) is 0 Å². The van der Waals surface area contributed by atoms with Gasteiger partial charge in [-0.3, -0.25) is 4.90 Å². The third-order valence-corrected chi connectivity index (χ3v) is 4.11. The van der Waals surface area contributed by atoms with E-state index in [1.165, 1.54) is 6.42 Å². The van der Waals surface area contributed by atoms with Gasteiger partial charge in [-0.1, -0.05) is 6.07 Å². The maximum atomic E-state index is 5.80. The molecule has 1 aromatic rings. The first-order valence-electron chi connectivity index (χ1n) is 7.09. The summed E-state index contributed by atoms with van der Waals surface area (Å²) >= 11 is 0. The van der Waals surface area contributed by atoms with E-state index in [1.54, 1.807) is 0 Å². The molecule has 2 aliphatic heterocycles. The van der Waals surface area contributed by atoms with Gasteiger partial charge in [0.1, 0.15) is 5.82 Å². The Morgan fingerprint density at radius 2 is 2.16 bits per heavy atom. The fourth-order valence-corrected chi connectivity index (χ4v) is 3.05. The van der Waals surface area contributed by atoms with Gasteiger partial charge in [0, 0.05) is 50.5 Å². The van der Waals surface area contributed by atoms with Crippen molar-refractivity contribution in [3.63, 3.8) is 0 Å². The summed E-state index contributed by atoms with van der Waals surface area (Å²) < 4.78 is 5.42. The highest BCUT2D eigenvalue weighted by molar-refractivity contribution is 5.47. The summed E-state index contributed by atoms with van der Waals surface area (Å²) in [6.07, 6.45) is 3.07. The highest BCUT2D eigenvalue weighted by Crippen LogP contribution is 2.24. The standard InChI is InChI=1S/C14H22N4O/c15-10-12-2-1-4-16-14(12)18-5-3-13(11-18)17-6-8-19-9-7-17/h1-2,4,13H,3,5-11,15H2. The molecule has 1 atom stereocenters. The van der Waals surface area contributed by atoms with Crippen molar-refractivity contribution in [3.05, 3.63) is 23.9 Å². The quantitative estimate of drug-likeness (QED) is 0.857. The lowest BCUT2D eigenvalue weighted by atomic mass is 10.2. The minimum atomic E-state index is 0.557. The molecular weight excluding hydrogens is 240 g/mol. The summed E-state index contributed by atoms with van der Waals surface area (Å²) in [6.45, 7) is 6.55. The molecule has 104 valence electrons. The van der Waals surface area contributed by atoms with Gasteiger partial charge in [-0.25, -0.2) is 4.98 Å². The van der Waals surface area contributed by atoms with Crippen molar-refractivity contribution in [1.29, 1.82) is 0 Å². The second-order valence-electron chi connectivity index (χ2n) is 5.23. The van der Waals surface area contributed by atoms with Crippen LogP contribution in [0.3, 0.4) is 0 Å². The van der Waals surface area contributed by atoms with Gasteiger partial charge in [-0.15, -0.1) is 0 Å². The second-order valence-corrected chi connectivity index (χ2v) is 5.23. The Morgan fingerprint density at radius 1 is 1.32 bits per heavy atom. The van der Waals surface area contributed by atoms with Crippen molar-refractivity contribution in [2.45, 2.75) is 19.0 Å². The lowest BCUT2D eigenvalue weighted by Crippen LogP contribution is -2.44. The Balaban J connectivity index is 1.67. The Labute approximate surface area is 114 Å². The number of hydrogen-bond acceptors (Lipinski definition) is 5. The molecule has 0 aromatic carbocycles. The number of morpholine rings is 1. The van der Waals surface area contributed by atoms with Crippen LogP contribution in [0.1, 0.15) is 12.0 Å². The third-order valence-electron chi connectivity index (χ3n) is 4.11. The Morgan fingerprint density at radius 3 is 2.95 bits per heavy atom. The van der Waals surface area contributed by atoms with Crippen LogP contribution in [0.25, 0.3) is 0 Å². The summed E-state index contributed by atoms with van der Waals surface area (Å²) in [5.41, 5.74) is 6.95. The number of ether oxygens (including phenoxy) is 1. The molecule has 3 rings (SSSR count). The highest BCUT2D eigenvalue weighted by Gasteiger charge is 2.29. The van der Waals surface area contributed by atoms with Crippen molar-refractivity contribution in [3.8, 4) is 0 Å². The number of hydrogen-bond donors (Lipinski definition) is 1. The summed E-state index contributed by atoms with van der Waals surface area (Å²) in [4.78, 5) is 9.44. The molecule has 19 heavy (non-hydrogen) atoms. The lowest BCUT2D eigenvalue weighted by Gasteiger charge is -2.32. The predicted octanol–water partition coefficient (Wildman–Crippen LogP) is 0.451. The topological polar surface area (TPSA) is 54.6 Å². The summed E-state index contributed by atoms with van der Waals surface area (Å²) in [5, 5.41) is 0. The van der Waals surface area contributed by atoms with Crippen LogP contribution in [0.2, 0.25) is 0 Å². The molecular formula is C14H22N4O. The zero-order valence-electron chi connectivity index (χ0n) is 11.3. The SMILES string of the molecule is NCc1cccnc1N1CCC(N2CCOCC2)C1. The van der Waals surface area contributed by atoms with E-state index in [9.17, 15) is 0 Å². The van der Waals surface area contributed by atoms with Crippen LogP contribution in [0.4, 0.5) is 5.82 Å². The minimum absolute atomic E-state index is 0.557. The van der Waals surface area contributed by atoms with Crippen LogP contribution >= 0.6 is 0 Å². The van der Waals surface area contributed by atoms with Gasteiger partial charge >= 0.3 is 0 Å². The van der Waals surface area contributed by atoms with Crippen LogP contribution in [0.15, 0.2) is 18.3 Å². The van der Waals surface area contributed by atoms with Crippen LogP contribution in [-0.4, -0.2) is 55.3 Å². The van der Waals surface area contributed by atoms with Crippen molar-refractivity contribution < 1.29 is 4.74 Å². The molecule has 2 aliphatic rings. The van der Waals surface area contributed by atoms with Crippen LogP contribution in [-0.2, 0) is 11.3 Å². The van der Waals surface area contributed by atoms with Gasteiger partial charge < -0.3 is 15.4 Å². The van der Waals surface area contributed by atoms with Crippen molar-refractivity contribution in [2.75, 3.05) is 44.3 Å². The molecule has 0 amide bonds. The van der Waals surface area contributed by atoms with Crippen LogP contribution in [0.5, 0.6) is 0 Å². The van der Waals surface area contributed by atoms with E-state index in [0.29, 0.717) is 12.6 Å². The maximum Gasteiger partial charge on any atom is 0.133 e. The zero-order chi connectivity index (χ0) is 13.1. The predicted molar refractivity (Wildman–Crippen MR) is 75.1 cm³/mol. The molecule has 5 nitrogen and oxygen atoms in total. The van der Waals surface area contributed by atoms with E-state index >= 15 is 0 Å². The van der Waals surface area contributed by atoms with Gasteiger partial charge in [-0.05, 0) is 12.5 Å². The molecule has 1 aromatic heterocycles. The smallest absolute Gasteiger partial charge is 0.133 e. The number of nitrogens with two attached hydrogens (primary N) is 1. The molecule has 0 aliphatic carbocycles. The molecule has 2 fully saturated rings. The van der Waals surface area contributed by atoms with E-state index in [1.807, 2.05) is 12.3 Å². The van der Waals surface area contributed by atoms with Crippen molar-refractivity contribution in [2.24, 2.45) is 5.73 Å². The molecule has 0 bridgehead atoms. The highest BCUT2D eigenvalue weighted by atomic mass is 16.5. The van der Waals surface area contributed by atoms with Gasteiger partial charge in [0.25, 0.3) is 0 Å². The van der Waals surface area contributed by atoms with Crippen molar-refractivity contribution in [1.82, 2.24) is 9.88 Å². The molecule has 1 unspecified atom stereocenters. The van der Waals surface area contributed by atoms with E-state index in [0.717, 1.165) is 50.8 Å². The average Bonchev–Trinajstić information content (AvgIpc) is 2.98. The average molecular weight is 262 g/mol. The van der Waals surface area contributed by atoms with Crippen molar-refractivity contribution >= 4 is 5.82 Å². The second kappa shape index (κ2) is 5.86. The van der Waals surface area contributed by atoms with E-state index < -0.39 is 0 Å². The molecule has 2 saturated heterocycles. The van der Waals surface area contributed by atoms with Gasteiger partial charge in [0.05, 0.1) is 13.2 Å². The molecule has 3 heterocycles. The van der Waals surface area contributed by atoms with E-state index in [2.05, 4.69) is 20.9 Å². The fraction of sp³-hybridized carbons (Fsp3) is 0.643. The summed E-state index contributed by atoms with van der Waals surface area (Å²) in [6, 6.07) is 4.67. The molecule has 0 radical (unpaired) electrons. The molecule has 5 heteroatoms.